The third-order valence-corrected chi connectivity index (χ3v) is 13.8. The van der Waals surface area contributed by atoms with E-state index in [0.717, 1.165) is 92.5 Å². The molecule has 0 amide bonds. The van der Waals surface area contributed by atoms with Gasteiger partial charge in [-0.2, -0.15) is 9.97 Å². The van der Waals surface area contributed by atoms with Gasteiger partial charge in [0.05, 0.1) is 22.1 Å². The molecule has 0 bridgehead atoms. The maximum absolute atomic E-state index is 6.98. The molecule has 5 aromatic heterocycles. The third kappa shape index (κ3) is 4.71. The van der Waals surface area contributed by atoms with Crippen LogP contribution in [-0.4, -0.2) is 24.1 Å². The molecule has 9 aromatic carbocycles. The van der Waals surface area contributed by atoms with E-state index in [0.29, 0.717) is 17.6 Å². The number of furan rings is 1. The maximum atomic E-state index is 6.98. The second-order valence-electron chi connectivity index (χ2n) is 15.9. The van der Waals surface area contributed by atoms with Gasteiger partial charge in [0.1, 0.15) is 11.3 Å². The molecule has 6 nitrogen and oxygen atoms in total. The van der Waals surface area contributed by atoms with Gasteiger partial charge >= 0.3 is 0 Å². The lowest BCUT2D eigenvalue weighted by atomic mass is 10.1. The Balaban J connectivity index is 1.15. The van der Waals surface area contributed by atoms with Crippen molar-refractivity contribution in [3.8, 4) is 34.4 Å². The summed E-state index contributed by atoms with van der Waals surface area (Å²) < 4.78 is 13.9. The number of fused-ring (bicyclic) bond motifs is 13. The van der Waals surface area contributed by atoms with Crippen LogP contribution in [0.5, 0.6) is 0 Å². The summed E-state index contributed by atoms with van der Waals surface area (Å²) in [6.07, 6.45) is 0. The molecule has 0 radical (unpaired) electrons. The standard InChI is InChI=1S/C55H31N5OS/c1-2-15-33-31-47-43(30-32(33)14-1)36-18-5-8-23-44(36)59(47)50-41(29-28-39-37-19-6-11-26-48(37)61-51(39)50)53-56-54(42-22-13-21-40-38-20-7-12-27-49(38)62-52(40)42)58-55(57-53)60-45-24-9-3-16-34(45)35-17-4-10-25-46(35)60/h1-31H. The number of hydrogen-bond acceptors (Lipinski definition) is 5. The smallest absolute Gasteiger partial charge is 0.238 e. The Morgan fingerprint density at radius 3 is 1.73 bits per heavy atom. The molecule has 7 heteroatoms. The van der Waals surface area contributed by atoms with E-state index in [2.05, 4.69) is 185 Å². The fourth-order valence-electron chi connectivity index (χ4n) is 9.84. The van der Waals surface area contributed by atoms with Crippen molar-refractivity contribution in [3.63, 3.8) is 0 Å². The van der Waals surface area contributed by atoms with Crippen LogP contribution in [0.2, 0.25) is 0 Å². The zero-order valence-corrected chi connectivity index (χ0v) is 33.8. The van der Waals surface area contributed by atoms with Gasteiger partial charge in [-0.15, -0.1) is 11.3 Å². The number of nitrogens with zero attached hydrogens (tertiary/aromatic N) is 5. The molecule has 0 N–H and O–H groups in total. The second kappa shape index (κ2) is 12.7. The SMILES string of the molecule is c1ccc2cc3c(cc2c1)c1ccccc1n3-c1c(-c2nc(-c3cccc4c3sc3ccccc34)nc(-n3c4ccccc4c4ccccc43)n2)ccc2c1oc1ccccc12. The Kier molecular flexibility index (Phi) is 6.89. The molecular formula is C55H31N5OS. The number of thiophene rings is 1. The Morgan fingerprint density at radius 2 is 0.968 bits per heavy atom. The highest BCUT2D eigenvalue weighted by atomic mass is 32.1. The van der Waals surface area contributed by atoms with Gasteiger partial charge < -0.3 is 8.98 Å². The molecule has 14 rings (SSSR count). The van der Waals surface area contributed by atoms with E-state index in [-0.39, 0.29) is 0 Å². The Hall–Kier alpha value is -8.13. The Bertz CT molecular complexity index is 4130. The van der Waals surface area contributed by atoms with Gasteiger partial charge in [0, 0.05) is 63.6 Å². The average Bonchev–Trinajstić information content (AvgIpc) is 4.08. The van der Waals surface area contributed by atoms with Gasteiger partial charge in [-0.1, -0.05) is 127 Å². The Labute approximate surface area is 357 Å². The van der Waals surface area contributed by atoms with E-state index in [1.54, 1.807) is 11.3 Å². The van der Waals surface area contributed by atoms with Crippen molar-refractivity contribution >= 4 is 108 Å². The summed E-state index contributed by atoms with van der Waals surface area (Å²) in [6.45, 7) is 0. The predicted molar refractivity (Wildman–Crippen MR) is 257 cm³/mol. The van der Waals surface area contributed by atoms with Crippen LogP contribution in [-0.2, 0) is 0 Å². The number of hydrogen-bond donors (Lipinski definition) is 0. The first kappa shape index (κ1) is 33.7. The summed E-state index contributed by atoms with van der Waals surface area (Å²) >= 11 is 1.78. The van der Waals surface area contributed by atoms with Crippen LogP contribution >= 0.6 is 11.3 Å². The van der Waals surface area contributed by atoms with E-state index in [9.17, 15) is 0 Å². The van der Waals surface area contributed by atoms with E-state index in [1.165, 1.54) is 20.9 Å². The first-order chi connectivity index (χ1) is 30.7. The van der Waals surface area contributed by atoms with Gasteiger partial charge in [0.2, 0.25) is 5.95 Å². The molecular weight excluding hydrogens is 779 g/mol. The molecule has 0 unspecified atom stereocenters. The summed E-state index contributed by atoms with van der Waals surface area (Å²) in [6, 6.07) is 66.6. The number of rotatable bonds is 4. The molecule has 0 aliphatic heterocycles. The average molecular weight is 810 g/mol. The van der Waals surface area contributed by atoms with Crippen LogP contribution in [0.25, 0.3) is 131 Å². The van der Waals surface area contributed by atoms with Crippen LogP contribution in [0.15, 0.2) is 192 Å². The van der Waals surface area contributed by atoms with Gasteiger partial charge in [-0.3, -0.25) is 4.57 Å². The van der Waals surface area contributed by atoms with Gasteiger partial charge in [-0.05, 0) is 71.4 Å². The molecule has 14 aromatic rings. The van der Waals surface area contributed by atoms with Crippen molar-refractivity contribution in [1.29, 1.82) is 0 Å². The molecule has 0 saturated carbocycles. The van der Waals surface area contributed by atoms with E-state index in [1.807, 2.05) is 12.1 Å². The van der Waals surface area contributed by atoms with Crippen LogP contribution < -0.4 is 0 Å². The number of benzene rings is 9. The fraction of sp³-hybridized carbons (Fsp3) is 0. The molecule has 0 aliphatic rings. The molecule has 0 spiro atoms. The molecule has 5 heterocycles. The largest absolute Gasteiger partial charge is 0.454 e. The van der Waals surface area contributed by atoms with Crippen molar-refractivity contribution in [2.24, 2.45) is 0 Å². The number of para-hydroxylation sites is 4. The summed E-state index contributed by atoms with van der Waals surface area (Å²) in [5.74, 6) is 1.70. The van der Waals surface area contributed by atoms with Crippen molar-refractivity contribution in [2.75, 3.05) is 0 Å². The summed E-state index contributed by atoms with van der Waals surface area (Å²) in [5.41, 5.74) is 8.47. The monoisotopic (exact) mass is 809 g/mol. The lowest BCUT2D eigenvalue weighted by molar-refractivity contribution is 0.666. The summed E-state index contributed by atoms with van der Waals surface area (Å²) in [7, 11) is 0. The zero-order valence-electron chi connectivity index (χ0n) is 33.0. The molecule has 0 fully saturated rings. The normalized spacial score (nSPS) is 12.2. The van der Waals surface area contributed by atoms with E-state index < -0.39 is 0 Å². The van der Waals surface area contributed by atoms with Crippen molar-refractivity contribution in [1.82, 2.24) is 24.1 Å². The second-order valence-corrected chi connectivity index (χ2v) is 17.0. The van der Waals surface area contributed by atoms with Crippen molar-refractivity contribution < 1.29 is 4.42 Å². The molecule has 62 heavy (non-hydrogen) atoms. The highest BCUT2D eigenvalue weighted by Gasteiger charge is 2.26. The lowest BCUT2D eigenvalue weighted by Crippen LogP contribution is -2.08. The zero-order chi connectivity index (χ0) is 40.5. The van der Waals surface area contributed by atoms with Gasteiger partial charge in [-0.25, -0.2) is 4.98 Å². The minimum Gasteiger partial charge on any atom is -0.454 e. The highest BCUT2D eigenvalue weighted by Crippen LogP contribution is 2.45. The van der Waals surface area contributed by atoms with E-state index >= 15 is 0 Å². The maximum Gasteiger partial charge on any atom is 0.238 e. The van der Waals surface area contributed by atoms with Crippen LogP contribution in [0.3, 0.4) is 0 Å². The van der Waals surface area contributed by atoms with Gasteiger partial charge in [0.15, 0.2) is 17.2 Å². The Morgan fingerprint density at radius 1 is 0.387 bits per heavy atom. The quantitative estimate of drug-likeness (QED) is 0.178. The third-order valence-electron chi connectivity index (χ3n) is 12.6. The molecule has 0 saturated heterocycles. The fourth-order valence-corrected chi connectivity index (χ4v) is 11.1. The van der Waals surface area contributed by atoms with Crippen LogP contribution in [0, 0.1) is 0 Å². The van der Waals surface area contributed by atoms with Crippen molar-refractivity contribution in [3.05, 3.63) is 188 Å². The minimum absolute atomic E-state index is 0.546. The minimum atomic E-state index is 0.546. The van der Waals surface area contributed by atoms with Gasteiger partial charge in [0.25, 0.3) is 0 Å². The summed E-state index contributed by atoms with van der Waals surface area (Å²) in [5, 5.41) is 11.4. The number of aromatic nitrogens is 5. The topological polar surface area (TPSA) is 61.7 Å². The summed E-state index contributed by atoms with van der Waals surface area (Å²) in [4.78, 5) is 16.5. The predicted octanol–water partition coefficient (Wildman–Crippen LogP) is 14.8. The van der Waals surface area contributed by atoms with E-state index in [4.69, 9.17) is 19.4 Å². The van der Waals surface area contributed by atoms with Crippen LogP contribution in [0.4, 0.5) is 0 Å². The highest BCUT2D eigenvalue weighted by molar-refractivity contribution is 7.26. The lowest BCUT2D eigenvalue weighted by Gasteiger charge is -2.16. The van der Waals surface area contributed by atoms with Crippen LogP contribution in [0.1, 0.15) is 0 Å². The molecule has 0 aliphatic carbocycles. The van der Waals surface area contributed by atoms with Crippen molar-refractivity contribution in [2.45, 2.75) is 0 Å². The first-order valence-electron chi connectivity index (χ1n) is 20.8. The first-order valence-corrected chi connectivity index (χ1v) is 21.6. The molecule has 288 valence electrons. The molecule has 0 atom stereocenters.